The van der Waals surface area contributed by atoms with Gasteiger partial charge < -0.3 is 20.5 Å². The third kappa shape index (κ3) is 5.30. The lowest BCUT2D eigenvalue weighted by Crippen LogP contribution is -2.24. The number of rotatable bonds is 9. The summed E-state index contributed by atoms with van der Waals surface area (Å²) in [5.41, 5.74) is 7.41. The van der Waals surface area contributed by atoms with E-state index in [0.29, 0.717) is 18.7 Å². The molecular formula is C21H21ClN4O4. The Labute approximate surface area is 178 Å². The summed E-state index contributed by atoms with van der Waals surface area (Å²) in [5.74, 6) is -0.596. The maximum absolute atomic E-state index is 12.7. The first-order chi connectivity index (χ1) is 14.5. The Morgan fingerprint density at radius 3 is 2.63 bits per heavy atom. The fourth-order valence-electron chi connectivity index (χ4n) is 2.86. The molecule has 0 aliphatic carbocycles. The van der Waals surface area contributed by atoms with E-state index < -0.39 is 5.91 Å². The van der Waals surface area contributed by atoms with Gasteiger partial charge in [-0.05, 0) is 29.3 Å². The number of nitrogens with two attached hydrogens (primary N) is 1. The van der Waals surface area contributed by atoms with Crippen molar-refractivity contribution < 1.29 is 19.1 Å². The van der Waals surface area contributed by atoms with Gasteiger partial charge in [-0.3, -0.25) is 14.3 Å². The van der Waals surface area contributed by atoms with Crippen LogP contribution in [0.1, 0.15) is 21.5 Å². The number of nitrogens with one attached hydrogen (secondary N) is 1. The van der Waals surface area contributed by atoms with E-state index in [1.165, 1.54) is 19.2 Å². The predicted octanol–water partition coefficient (Wildman–Crippen LogP) is 2.39. The maximum atomic E-state index is 12.7. The van der Waals surface area contributed by atoms with Crippen LogP contribution in [0.5, 0.6) is 11.5 Å². The zero-order valence-electron chi connectivity index (χ0n) is 16.3. The Balaban J connectivity index is 1.72. The van der Waals surface area contributed by atoms with Gasteiger partial charge in [-0.25, -0.2) is 0 Å². The van der Waals surface area contributed by atoms with Gasteiger partial charge in [0.25, 0.3) is 11.8 Å². The molecule has 0 aliphatic rings. The highest BCUT2D eigenvalue weighted by Gasteiger charge is 2.17. The van der Waals surface area contributed by atoms with Crippen molar-refractivity contribution in [3.05, 3.63) is 76.6 Å². The molecule has 8 nitrogen and oxygen atoms in total. The Bertz CT molecular complexity index is 1040. The van der Waals surface area contributed by atoms with Crippen molar-refractivity contribution in [1.82, 2.24) is 15.1 Å². The van der Waals surface area contributed by atoms with Crippen LogP contribution < -0.4 is 20.5 Å². The average Bonchev–Trinajstić information content (AvgIpc) is 3.24. The van der Waals surface area contributed by atoms with E-state index in [0.717, 1.165) is 11.1 Å². The van der Waals surface area contributed by atoms with Crippen LogP contribution in [0, 0.1) is 0 Å². The van der Waals surface area contributed by atoms with Gasteiger partial charge in [-0.1, -0.05) is 35.9 Å². The number of methoxy groups -OCH3 is 1. The van der Waals surface area contributed by atoms with Gasteiger partial charge in [0.05, 0.1) is 18.7 Å². The largest absolute Gasteiger partial charge is 0.493 e. The summed E-state index contributed by atoms with van der Waals surface area (Å²) in [7, 11) is 1.41. The van der Waals surface area contributed by atoms with Crippen molar-refractivity contribution in [1.29, 1.82) is 0 Å². The maximum Gasteiger partial charge on any atom is 0.255 e. The molecule has 0 spiro atoms. The Kier molecular flexibility index (Phi) is 6.92. The van der Waals surface area contributed by atoms with Crippen LogP contribution in [0.3, 0.4) is 0 Å². The topological polar surface area (TPSA) is 108 Å². The van der Waals surface area contributed by atoms with Crippen LogP contribution in [-0.2, 0) is 17.9 Å². The van der Waals surface area contributed by atoms with Crippen molar-refractivity contribution in [2.75, 3.05) is 13.7 Å². The van der Waals surface area contributed by atoms with Crippen LogP contribution in [0.4, 0.5) is 0 Å². The van der Waals surface area contributed by atoms with E-state index in [2.05, 4.69) is 10.4 Å². The molecule has 0 aliphatic heterocycles. The predicted molar refractivity (Wildman–Crippen MR) is 112 cm³/mol. The summed E-state index contributed by atoms with van der Waals surface area (Å²) in [4.78, 5) is 23.6. The van der Waals surface area contributed by atoms with E-state index in [1.807, 2.05) is 41.2 Å². The summed E-state index contributed by atoms with van der Waals surface area (Å²) in [6, 6.07) is 12.6. The van der Waals surface area contributed by atoms with E-state index in [-0.39, 0.29) is 29.0 Å². The SMILES string of the molecule is COc1cc(C(=O)NCc2ccccc2Cn2cccn2)cc(Cl)c1OCC(N)=O. The quantitative estimate of drug-likeness (QED) is 0.544. The molecule has 0 atom stereocenters. The molecule has 0 radical (unpaired) electrons. The fourth-order valence-corrected chi connectivity index (χ4v) is 3.13. The molecule has 3 N–H and O–H groups in total. The highest BCUT2D eigenvalue weighted by atomic mass is 35.5. The lowest BCUT2D eigenvalue weighted by atomic mass is 10.1. The third-order valence-electron chi connectivity index (χ3n) is 4.30. The molecule has 0 bridgehead atoms. The zero-order chi connectivity index (χ0) is 21.5. The molecule has 0 unspecified atom stereocenters. The van der Waals surface area contributed by atoms with Crippen LogP contribution in [-0.4, -0.2) is 35.3 Å². The van der Waals surface area contributed by atoms with Crippen molar-refractivity contribution >= 4 is 23.4 Å². The molecule has 1 aromatic heterocycles. The minimum Gasteiger partial charge on any atom is -0.493 e. The molecule has 30 heavy (non-hydrogen) atoms. The second-order valence-corrected chi connectivity index (χ2v) is 6.81. The number of benzene rings is 2. The minimum atomic E-state index is -0.649. The van der Waals surface area contributed by atoms with Gasteiger partial charge in [-0.2, -0.15) is 5.10 Å². The smallest absolute Gasteiger partial charge is 0.255 e. The molecule has 156 valence electrons. The van der Waals surface area contributed by atoms with Crippen molar-refractivity contribution in [2.24, 2.45) is 5.73 Å². The monoisotopic (exact) mass is 428 g/mol. The number of halogens is 1. The molecule has 9 heteroatoms. The van der Waals surface area contributed by atoms with Gasteiger partial charge in [0.15, 0.2) is 18.1 Å². The minimum absolute atomic E-state index is 0.139. The molecule has 2 aromatic carbocycles. The summed E-state index contributed by atoms with van der Waals surface area (Å²) in [5, 5.41) is 7.24. The molecule has 0 saturated heterocycles. The van der Waals surface area contributed by atoms with Gasteiger partial charge in [0.1, 0.15) is 0 Å². The second-order valence-electron chi connectivity index (χ2n) is 6.40. The first kappa shape index (κ1) is 21.2. The normalized spacial score (nSPS) is 10.5. The van der Waals surface area contributed by atoms with Gasteiger partial charge in [0, 0.05) is 24.5 Å². The van der Waals surface area contributed by atoms with E-state index >= 15 is 0 Å². The lowest BCUT2D eigenvalue weighted by Gasteiger charge is -2.14. The van der Waals surface area contributed by atoms with Crippen LogP contribution in [0.25, 0.3) is 0 Å². The summed E-state index contributed by atoms with van der Waals surface area (Å²) < 4.78 is 12.3. The van der Waals surface area contributed by atoms with E-state index in [1.54, 1.807) is 6.20 Å². The van der Waals surface area contributed by atoms with Crippen LogP contribution in [0.15, 0.2) is 54.9 Å². The molecule has 2 amide bonds. The van der Waals surface area contributed by atoms with Crippen molar-refractivity contribution in [2.45, 2.75) is 13.1 Å². The van der Waals surface area contributed by atoms with E-state index in [9.17, 15) is 9.59 Å². The molecule has 1 heterocycles. The number of hydrogen-bond acceptors (Lipinski definition) is 5. The van der Waals surface area contributed by atoms with Gasteiger partial charge in [0.2, 0.25) is 0 Å². The number of carbonyl (C=O) groups is 2. The van der Waals surface area contributed by atoms with Gasteiger partial charge in [-0.15, -0.1) is 0 Å². The van der Waals surface area contributed by atoms with Crippen LogP contribution >= 0.6 is 11.6 Å². The lowest BCUT2D eigenvalue weighted by molar-refractivity contribution is -0.119. The highest BCUT2D eigenvalue weighted by Crippen LogP contribution is 2.36. The number of ether oxygens (including phenoxy) is 2. The molecule has 0 saturated carbocycles. The van der Waals surface area contributed by atoms with E-state index in [4.69, 9.17) is 26.8 Å². The molecular weight excluding hydrogens is 408 g/mol. The first-order valence-corrected chi connectivity index (χ1v) is 9.46. The molecule has 0 fully saturated rings. The Morgan fingerprint density at radius 1 is 1.20 bits per heavy atom. The number of primary amides is 1. The van der Waals surface area contributed by atoms with Gasteiger partial charge >= 0.3 is 0 Å². The standard InChI is InChI=1S/C21H21ClN4O4/c1-29-18-10-16(9-17(22)20(18)30-13-19(23)27)21(28)24-11-14-5-2-3-6-15(14)12-26-8-4-7-25-26/h2-10H,11-13H2,1H3,(H2,23,27)(H,24,28). The van der Waals surface area contributed by atoms with Crippen LogP contribution in [0.2, 0.25) is 5.02 Å². The van der Waals surface area contributed by atoms with Crippen molar-refractivity contribution in [3.63, 3.8) is 0 Å². The number of amides is 2. The summed E-state index contributed by atoms with van der Waals surface area (Å²) in [6.07, 6.45) is 3.60. The summed E-state index contributed by atoms with van der Waals surface area (Å²) >= 11 is 6.22. The number of hydrogen-bond donors (Lipinski definition) is 2. The highest BCUT2D eigenvalue weighted by molar-refractivity contribution is 6.32. The number of carbonyl (C=O) groups excluding carboxylic acids is 2. The van der Waals surface area contributed by atoms with Crippen molar-refractivity contribution in [3.8, 4) is 11.5 Å². The third-order valence-corrected chi connectivity index (χ3v) is 4.58. The molecule has 3 aromatic rings. The first-order valence-electron chi connectivity index (χ1n) is 9.09. The molecule has 3 rings (SSSR count). The Hall–Kier alpha value is -3.52. The number of aromatic nitrogens is 2. The Morgan fingerprint density at radius 2 is 1.97 bits per heavy atom. The average molecular weight is 429 g/mol. The summed E-state index contributed by atoms with van der Waals surface area (Å²) in [6.45, 7) is 0.579. The zero-order valence-corrected chi connectivity index (χ0v) is 17.1. The fraction of sp³-hybridized carbons (Fsp3) is 0.190. The second kappa shape index (κ2) is 9.80. The number of nitrogens with zero attached hydrogens (tertiary/aromatic N) is 2.